The van der Waals surface area contributed by atoms with Crippen molar-refractivity contribution >= 4 is 54.3 Å². The number of nitrogens with zero attached hydrogens (tertiary/aromatic N) is 2. The number of aryl methyl sites for hydroxylation is 1. The Balaban J connectivity index is 1.34. The Morgan fingerprint density at radius 2 is 2.00 bits per heavy atom. The molecule has 1 N–H and O–H groups in total. The van der Waals surface area contributed by atoms with Gasteiger partial charge in [-0.05, 0) is 66.6 Å². The minimum Gasteiger partial charge on any atom is -0.361 e. The van der Waals surface area contributed by atoms with E-state index in [9.17, 15) is 4.79 Å². The topological polar surface area (TPSA) is 54.4 Å². The summed E-state index contributed by atoms with van der Waals surface area (Å²) in [5.41, 5.74) is 4.41. The van der Waals surface area contributed by atoms with E-state index in [1.807, 2.05) is 31.2 Å². The summed E-state index contributed by atoms with van der Waals surface area (Å²) in [6.45, 7) is 4.83. The molecule has 28 heavy (non-hydrogen) atoms. The van der Waals surface area contributed by atoms with Crippen LogP contribution in [0.25, 0.3) is 10.2 Å². The first-order valence-electron chi connectivity index (χ1n) is 9.25. The third kappa shape index (κ3) is 4.51. The second-order valence-corrected chi connectivity index (χ2v) is 8.91. The van der Waals surface area contributed by atoms with Crippen molar-refractivity contribution in [2.24, 2.45) is 10.9 Å². The average molecular weight is 408 g/mol. The lowest BCUT2D eigenvalue weighted by atomic mass is 10.1. The number of carbonyl (C=O) groups is 1. The molecule has 2 heterocycles. The number of benzene rings is 2. The maximum absolute atomic E-state index is 11.8. The van der Waals surface area contributed by atoms with Gasteiger partial charge in [0.1, 0.15) is 5.04 Å². The molecule has 0 spiro atoms. The van der Waals surface area contributed by atoms with E-state index in [1.165, 1.54) is 27.6 Å². The fourth-order valence-electron chi connectivity index (χ4n) is 2.88. The molecule has 0 amide bonds. The highest BCUT2D eigenvalue weighted by Crippen LogP contribution is 2.27. The third-order valence-corrected chi connectivity index (χ3v) is 6.50. The number of fused-ring (bicyclic) bond motifs is 1. The first kappa shape index (κ1) is 18.9. The van der Waals surface area contributed by atoms with E-state index in [4.69, 9.17) is 0 Å². The maximum atomic E-state index is 11.8. The minimum atomic E-state index is -0.0294. The standard InChI is InChI=1S/C22H21N3OS2/c1-14-3-9-18-19(13-14)27-22(25-18)23-12-11-16-5-7-17(8-6-16)24-20-10-4-15(2)21(26)28-20/h3-10,13,15H,11-12H2,1-2H3,(H,23,25)/t15-/m1/s1. The smallest absolute Gasteiger partial charge is 0.201 e. The molecule has 1 aromatic heterocycles. The molecule has 0 bridgehead atoms. The van der Waals surface area contributed by atoms with Crippen molar-refractivity contribution < 1.29 is 4.79 Å². The second kappa shape index (κ2) is 8.29. The number of thiazole rings is 1. The zero-order valence-electron chi connectivity index (χ0n) is 15.8. The Kier molecular flexibility index (Phi) is 5.59. The summed E-state index contributed by atoms with van der Waals surface area (Å²) < 4.78 is 1.22. The molecule has 1 atom stereocenters. The number of nitrogens with one attached hydrogen (secondary N) is 1. The normalized spacial score (nSPS) is 18.1. The number of aromatic nitrogens is 1. The van der Waals surface area contributed by atoms with Gasteiger partial charge in [-0.1, -0.05) is 42.5 Å². The number of aliphatic imine (C=N–C) groups is 1. The van der Waals surface area contributed by atoms with Crippen molar-refractivity contribution in [1.82, 2.24) is 4.98 Å². The Hall–Kier alpha value is -2.44. The first-order chi connectivity index (χ1) is 13.6. The average Bonchev–Trinajstić information content (AvgIpc) is 3.08. The molecule has 142 valence electrons. The number of allylic oxidation sites excluding steroid dienone is 1. The SMILES string of the molecule is Cc1ccc2nc(NCCc3ccc(N=C4C=C[C@@H](C)C(=O)S4)cc3)sc2c1. The Morgan fingerprint density at radius 1 is 1.18 bits per heavy atom. The van der Waals surface area contributed by atoms with Gasteiger partial charge in [0.2, 0.25) is 5.12 Å². The van der Waals surface area contributed by atoms with Crippen molar-refractivity contribution in [3.63, 3.8) is 0 Å². The van der Waals surface area contributed by atoms with Crippen LogP contribution in [-0.2, 0) is 11.2 Å². The molecule has 4 rings (SSSR count). The van der Waals surface area contributed by atoms with Gasteiger partial charge in [-0.2, -0.15) is 0 Å². The molecular weight excluding hydrogens is 386 g/mol. The van der Waals surface area contributed by atoms with Crippen LogP contribution in [0.2, 0.25) is 0 Å². The molecule has 0 saturated heterocycles. The molecule has 0 aliphatic carbocycles. The molecule has 0 saturated carbocycles. The molecule has 2 aromatic carbocycles. The summed E-state index contributed by atoms with van der Waals surface area (Å²) in [6, 6.07) is 14.5. The Bertz CT molecular complexity index is 1070. The molecule has 1 aliphatic rings. The highest BCUT2D eigenvalue weighted by molar-refractivity contribution is 8.26. The van der Waals surface area contributed by atoms with Gasteiger partial charge in [0.25, 0.3) is 0 Å². The van der Waals surface area contributed by atoms with Crippen LogP contribution in [0.1, 0.15) is 18.1 Å². The van der Waals surface area contributed by atoms with E-state index in [0.717, 1.165) is 34.3 Å². The molecular formula is C22H21N3OS2. The maximum Gasteiger partial charge on any atom is 0.201 e. The third-order valence-electron chi connectivity index (χ3n) is 4.51. The van der Waals surface area contributed by atoms with E-state index in [2.05, 4.69) is 52.5 Å². The number of thioether (sulfide) groups is 1. The number of hydrogen-bond donors (Lipinski definition) is 1. The Labute approximate surface area is 172 Å². The van der Waals surface area contributed by atoms with E-state index in [-0.39, 0.29) is 11.0 Å². The predicted octanol–water partition coefficient (Wildman–Crippen LogP) is 5.76. The van der Waals surface area contributed by atoms with Crippen molar-refractivity contribution in [3.8, 4) is 0 Å². The zero-order chi connectivity index (χ0) is 19.5. The molecule has 0 radical (unpaired) electrons. The lowest BCUT2D eigenvalue weighted by Crippen LogP contribution is -2.11. The van der Waals surface area contributed by atoms with Crippen LogP contribution in [0, 0.1) is 12.8 Å². The molecule has 0 fully saturated rings. The van der Waals surface area contributed by atoms with Crippen molar-refractivity contribution in [2.45, 2.75) is 20.3 Å². The summed E-state index contributed by atoms with van der Waals surface area (Å²) in [5.74, 6) is -0.0294. The molecule has 0 unspecified atom stereocenters. The van der Waals surface area contributed by atoms with Crippen molar-refractivity contribution in [3.05, 3.63) is 65.7 Å². The zero-order valence-corrected chi connectivity index (χ0v) is 17.4. The lowest BCUT2D eigenvalue weighted by Gasteiger charge is -2.10. The van der Waals surface area contributed by atoms with E-state index in [1.54, 1.807) is 11.3 Å². The van der Waals surface area contributed by atoms with Gasteiger partial charge in [0.05, 0.1) is 15.9 Å². The minimum absolute atomic E-state index is 0.0294. The number of anilines is 1. The van der Waals surface area contributed by atoms with Gasteiger partial charge in [-0.15, -0.1) is 0 Å². The fourth-order valence-corrected chi connectivity index (χ4v) is 4.64. The van der Waals surface area contributed by atoms with Crippen LogP contribution >= 0.6 is 23.1 Å². The summed E-state index contributed by atoms with van der Waals surface area (Å²) in [5, 5.41) is 5.28. The van der Waals surface area contributed by atoms with Gasteiger partial charge in [-0.25, -0.2) is 9.98 Å². The quantitative estimate of drug-likeness (QED) is 0.585. The first-order valence-corrected chi connectivity index (χ1v) is 10.9. The van der Waals surface area contributed by atoms with E-state index >= 15 is 0 Å². The van der Waals surface area contributed by atoms with Gasteiger partial charge in [0, 0.05) is 12.5 Å². The summed E-state index contributed by atoms with van der Waals surface area (Å²) in [6.07, 6.45) is 4.74. The molecule has 4 nitrogen and oxygen atoms in total. The van der Waals surface area contributed by atoms with Gasteiger partial charge >= 0.3 is 0 Å². The highest BCUT2D eigenvalue weighted by atomic mass is 32.2. The summed E-state index contributed by atoms with van der Waals surface area (Å²) >= 11 is 2.91. The summed E-state index contributed by atoms with van der Waals surface area (Å²) in [7, 11) is 0. The predicted molar refractivity (Wildman–Crippen MR) is 121 cm³/mol. The lowest BCUT2D eigenvalue weighted by molar-refractivity contribution is -0.112. The van der Waals surface area contributed by atoms with Crippen LogP contribution < -0.4 is 5.32 Å². The van der Waals surface area contributed by atoms with E-state index < -0.39 is 0 Å². The van der Waals surface area contributed by atoms with Crippen LogP contribution in [0.5, 0.6) is 0 Å². The second-order valence-electron chi connectivity index (χ2n) is 6.85. The largest absolute Gasteiger partial charge is 0.361 e. The summed E-state index contributed by atoms with van der Waals surface area (Å²) in [4.78, 5) is 21.0. The van der Waals surface area contributed by atoms with Gasteiger partial charge in [-0.3, -0.25) is 4.79 Å². The van der Waals surface area contributed by atoms with Crippen LogP contribution in [0.3, 0.4) is 0 Å². The van der Waals surface area contributed by atoms with Crippen molar-refractivity contribution in [1.29, 1.82) is 0 Å². The van der Waals surface area contributed by atoms with Crippen LogP contribution in [-0.4, -0.2) is 21.7 Å². The molecule has 1 aliphatic heterocycles. The van der Waals surface area contributed by atoms with E-state index in [0.29, 0.717) is 0 Å². The fraction of sp³-hybridized carbons (Fsp3) is 0.227. The number of rotatable bonds is 5. The molecule has 3 aromatic rings. The van der Waals surface area contributed by atoms with Gasteiger partial charge < -0.3 is 5.32 Å². The van der Waals surface area contributed by atoms with Crippen LogP contribution in [0.15, 0.2) is 59.6 Å². The van der Waals surface area contributed by atoms with Gasteiger partial charge in [0.15, 0.2) is 5.13 Å². The molecule has 6 heteroatoms. The highest BCUT2D eigenvalue weighted by Gasteiger charge is 2.17. The monoisotopic (exact) mass is 407 g/mol. The number of hydrogen-bond acceptors (Lipinski definition) is 6. The van der Waals surface area contributed by atoms with Crippen LogP contribution in [0.4, 0.5) is 10.8 Å². The Morgan fingerprint density at radius 3 is 2.79 bits per heavy atom. The number of carbonyl (C=O) groups excluding carboxylic acids is 1. The van der Waals surface area contributed by atoms with Crippen molar-refractivity contribution in [2.75, 3.05) is 11.9 Å².